The summed E-state index contributed by atoms with van der Waals surface area (Å²) < 4.78 is 5.67. The molecule has 1 aliphatic heterocycles. The average molecular weight is 222 g/mol. The Labute approximate surface area is 95.8 Å². The van der Waals surface area contributed by atoms with Crippen molar-refractivity contribution >= 4 is 5.95 Å². The SMILES string of the molecule is CNc1nccc(OC[C@@H]2CCCN2C)n1. The molecule has 2 rings (SSSR count). The number of aromatic nitrogens is 2. The van der Waals surface area contributed by atoms with Crippen LogP contribution in [-0.2, 0) is 0 Å². The number of hydrogen-bond acceptors (Lipinski definition) is 5. The Morgan fingerprint density at radius 2 is 2.50 bits per heavy atom. The van der Waals surface area contributed by atoms with Crippen LogP contribution in [0.1, 0.15) is 12.8 Å². The van der Waals surface area contributed by atoms with Gasteiger partial charge in [0.1, 0.15) is 6.61 Å². The molecule has 1 atom stereocenters. The summed E-state index contributed by atoms with van der Waals surface area (Å²) in [4.78, 5) is 10.6. The Bertz CT molecular complexity index is 345. The number of rotatable bonds is 4. The number of nitrogens with one attached hydrogen (secondary N) is 1. The van der Waals surface area contributed by atoms with E-state index in [1.54, 1.807) is 19.3 Å². The van der Waals surface area contributed by atoms with Crippen molar-refractivity contribution in [2.45, 2.75) is 18.9 Å². The van der Waals surface area contributed by atoms with E-state index in [1.807, 2.05) is 0 Å². The largest absolute Gasteiger partial charge is 0.476 e. The van der Waals surface area contributed by atoms with Gasteiger partial charge in [0.15, 0.2) is 0 Å². The van der Waals surface area contributed by atoms with E-state index in [0.29, 0.717) is 24.5 Å². The van der Waals surface area contributed by atoms with E-state index in [4.69, 9.17) is 4.74 Å². The molecule has 1 aromatic heterocycles. The maximum atomic E-state index is 5.67. The van der Waals surface area contributed by atoms with Crippen molar-refractivity contribution in [2.75, 3.05) is 32.6 Å². The molecule has 5 nitrogen and oxygen atoms in total. The van der Waals surface area contributed by atoms with Crippen molar-refractivity contribution in [2.24, 2.45) is 0 Å². The zero-order valence-electron chi connectivity index (χ0n) is 9.81. The standard InChI is InChI=1S/C11H18N4O/c1-12-11-13-6-5-10(14-11)16-8-9-4-3-7-15(9)2/h5-6,9H,3-4,7-8H2,1-2H3,(H,12,13,14)/t9-/m0/s1. The van der Waals surface area contributed by atoms with Crippen molar-refractivity contribution in [1.29, 1.82) is 0 Å². The topological polar surface area (TPSA) is 50.3 Å². The highest BCUT2D eigenvalue weighted by atomic mass is 16.5. The molecule has 0 unspecified atom stereocenters. The first kappa shape index (κ1) is 11.1. The van der Waals surface area contributed by atoms with Gasteiger partial charge in [-0.1, -0.05) is 0 Å². The van der Waals surface area contributed by atoms with Crippen LogP contribution in [0.2, 0.25) is 0 Å². The van der Waals surface area contributed by atoms with Crippen molar-refractivity contribution in [3.05, 3.63) is 12.3 Å². The van der Waals surface area contributed by atoms with Crippen LogP contribution >= 0.6 is 0 Å². The summed E-state index contributed by atoms with van der Waals surface area (Å²) in [5.74, 6) is 1.23. The lowest BCUT2D eigenvalue weighted by Crippen LogP contribution is -2.30. The fourth-order valence-electron chi connectivity index (χ4n) is 1.91. The molecular weight excluding hydrogens is 204 g/mol. The highest BCUT2D eigenvalue weighted by Gasteiger charge is 2.21. The fraction of sp³-hybridized carbons (Fsp3) is 0.636. The lowest BCUT2D eigenvalue weighted by molar-refractivity contribution is 0.193. The fourth-order valence-corrected chi connectivity index (χ4v) is 1.91. The van der Waals surface area contributed by atoms with Crippen LogP contribution in [0.3, 0.4) is 0 Å². The maximum Gasteiger partial charge on any atom is 0.225 e. The third kappa shape index (κ3) is 2.61. The Hall–Kier alpha value is -1.36. The van der Waals surface area contributed by atoms with Gasteiger partial charge in [-0.25, -0.2) is 4.98 Å². The van der Waals surface area contributed by atoms with E-state index >= 15 is 0 Å². The Morgan fingerprint density at radius 3 is 3.19 bits per heavy atom. The first-order chi connectivity index (χ1) is 7.79. The molecule has 0 amide bonds. The minimum atomic E-state index is 0.521. The normalized spacial score (nSPS) is 21.0. The molecule has 0 aromatic carbocycles. The van der Waals surface area contributed by atoms with Gasteiger partial charge in [-0.15, -0.1) is 0 Å². The zero-order chi connectivity index (χ0) is 11.4. The highest BCUT2D eigenvalue weighted by molar-refractivity contribution is 5.26. The molecule has 0 aliphatic carbocycles. The molecule has 5 heteroatoms. The molecule has 1 fully saturated rings. The first-order valence-electron chi connectivity index (χ1n) is 5.63. The van der Waals surface area contributed by atoms with E-state index in [1.165, 1.54) is 19.4 Å². The van der Waals surface area contributed by atoms with E-state index in [0.717, 1.165) is 0 Å². The summed E-state index contributed by atoms with van der Waals surface area (Å²) in [6.45, 7) is 1.87. The second-order valence-electron chi connectivity index (χ2n) is 4.06. The Morgan fingerprint density at radius 1 is 1.62 bits per heavy atom. The molecule has 0 radical (unpaired) electrons. The summed E-state index contributed by atoms with van der Waals surface area (Å²) in [5, 5.41) is 2.89. The predicted octanol–water partition coefficient (Wildman–Crippen LogP) is 0.991. The summed E-state index contributed by atoms with van der Waals surface area (Å²) in [6.07, 6.45) is 4.17. The van der Waals surface area contributed by atoms with Crippen LogP contribution in [-0.4, -0.2) is 48.2 Å². The summed E-state index contributed by atoms with van der Waals surface area (Å²) >= 11 is 0. The lowest BCUT2D eigenvalue weighted by atomic mass is 10.2. The predicted molar refractivity (Wildman–Crippen MR) is 62.7 cm³/mol. The number of likely N-dealkylation sites (N-methyl/N-ethyl adjacent to an activating group) is 1. The van der Waals surface area contributed by atoms with Crippen molar-refractivity contribution in [3.63, 3.8) is 0 Å². The molecule has 1 aromatic rings. The number of anilines is 1. The highest BCUT2D eigenvalue weighted by Crippen LogP contribution is 2.16. The van der Waals surface area contributed by atoms with Gasteiger partial charge >= 0.3 is 0 Å². The van der Waals surface area contributed by atoms with Crippen molar-refractivity contribution < 1.29 is 4.74 Å². The number of nitrogens with zero attached hydrogens (tertiary/aromatic N) is 3. The summed E-state index contributed by atoms with van der Waals surface area (Å²) in [6, 6.07) is 2.31. The lowest BCUT2D eigenvalue weighted by Gasteiger charge is -2.19. The zero-order valence-corrected chi connectivity index (χ0v) is 9.81. The van der Waals surface area contributed by atoms with E-state index in [2.05, 4.69) is 27.2 Å². The molecule has 0 saturated carbocycles. The van der Waals surface area contributed by atoms with Gasteiger partial charge < -0.3 is 15.0 Å². The van der Waals surface area contributed by atoms with E-state index in [-0.39, 0.29) is 0 Å². The van der Waals surface area contributed by atoms with Crippen LogP contribution in [0.4, 0.5) is 5.95 Å². The van der Waals surface area contributed by atoms with Crippen LogP contribution in [0.15, 0.2) is 12.3 Å². The number of hydrogen-bond donors (Lipinski definition) is 1. The van der Waals surface area contributed by atoms with Gasteiger partial charge in [0.25, 0.3) is 0 Å². The second kappa shape index (κ2) is 5.12. The van der Waals surface area contributed by atoms with Gasteiger partial charge in [-0.05, 0) is 26.4 Å². The molecule has 1 aliphatic rings. The molecule has 1 N–H and O–H groups in total. The van der Waals surface area contributed by atoms with Crippen LogP contribution in [0.5, 0.6) is 5.88 Å². The molecule has 16 heavy (non-hydrogen) atoms. The van der Waals surface area contributed by atoms with Gasteiger partial charge in [0.2, 0.25) is 11.8 Å². The van der Waals surface area contributed by atoms with Gasteiger partial charge in [-0.3, -0.25) is 0 Å². The summed E-state index contributed by atoms with van der Waals surface area (Å²) in [7, 11) is 3.93. The van der Waals surface area contributed by atoms with E-state index < -0.39 is 0 Å². The number of likely N-dealkylation sites (tertiary alicyclic amines) is 1. The second-order valence-corrected chi connectivity index (χ2v) is 4.06. The third-order valence-corrected chi connectivity index (χ3v) is 2.95. The van der Waals surface area contributed by atoms with Crippen molar-refractivity contribution in [1.82, 2.24) is 14.9 Å². The molecule has 0 spiro atoms. The molecule has 88 valence electrons. The van der Waals surface area contributed by atoms with Crippen LogP contribution in [0.25, 0.3) is 0 Å². The first-order valence-corrected chi connectivity index (χ1v) is 5.63. The maximum absolute atomic E-state index is 5.67. The van der Waals surface area contributed by atoms with Gasteiger partial charge in [-0.2, -0.15) is 4.98 Å². The minimum Gasteiger partial charge on any atom is -0.476 e. The van der Waals surface area contributed by atoms with Crippen LogP contribution < -0.4 is 10.1 Å². The quantitative estimate of drug-likeness (QED) is 0.823. The van der Waals surface area contributed by atoms with Crippen LogP contribution in [0, 0.1) is 0 Å². The number of ether oxygens (including phenoxy) is 1. The van der Waals surface area contributed by atoms with Gasteiger partial charge in [0.05, 0.1) is 0 Å². The molecule has 1 saturated heterocycles. The smallest absolute Gasteiger partial charge is 0.225 e. The average Bonchev–Trinajstić information content (AvgIpc) is 2.72. The van der Waals surface area contributed by atoms with Crippen molar-refractivity contribution in [3.8, 4) is 5.88 Å². The molecule has 0 bridgehead atoms. The third-order valence-electron chi connectivity index (χ3n) is 2.95. The molecule has 2 heterocycles. The Kier molecular flexibility index (Phi) is 3.56. The monoisotopic (exact) mass is 222 g/mol. The van der Waals surface area contributed by atoms with Gasteiger partial charge in [0, 0.05) is 25.4 Å². The minimum absolute atomic E-state index is 0.521. The molecular formula is C11H18N4O. The Balaban J connectivity index is 1.88. The summed E-state index contributed by atoms with van der Waals surface area (Å²) in [5.41, 5.74) is 0. The van der Waals surface area contributed by atoms with E-state index in [9.17, 15) is 0 Å².